The summed E-state index contributed by atoms with van der Waals surface area (Å²) in [4.78, 5) is 22.8. The number of aliphatic hydroxyl groups excluding tert-OH is 1. The van der Waals surface area contributed by atoms with Crippen molar-refractivity contribution in [3.05, 3.63) is 39.4 Å². The number of hydrogen-bond acceptors (Lipinski definition) is 7. The van der Waals surface area contributed by atoms with Gasteiger partial charge in [-0.2, -0.15) is 0 Å². The summed E-state index contributed by atoms with van der Waals surface area (Å²) in [5, 5.41) is 32.9. The lowest BCUT2D eigenvalue weighted by Gasteiger charge is -2.23. The Balaban J connectivity index is 3.01. The number of nitro groups is 1. The highest BCUT2D eigenvalue weighted by molar-refractivity contribution is 6.45. The SMILES string of the molecule is CB(O)N[C@H](CC(=O)OC(C)(C)C)Cc1cc(CO)ccc1[N+](=O)[O-]. The van der Waals surface area contributed by atoms with Gasteiger partial charge < -0.3 is 20.1 Å². The summed E-state index contributed by atoms with van der Waals surface area (Å²) in [7, 11) is -0.896. The van der Waals surface area contributed by atoms with Crippen molar-refractivity contribution in [1.29, 1.82) is 0 Å². The van der Waals surface area contributed by atoms with E-state index in [1.165, 1.54) is 25.0 Å². The van der Waals surface area contributed by atoms with Crippen LogP contribution in [0, 0.1) is 10.1 Å². The van der Waals surface area contributed by atoms with Crippen LogP contribution in [0.3, 0.4) is 0 Å². The number of carbonyl (C=O) groups is 1. The van der Waals surface area contributed by atoms with Crippen LogP contribution in [0.1, 0.15) is 38.3 Å². The molecule has 138 valence electrons. The van der Waals surface area contributed by atoms with Gasteiger partial charge in [0.15, 0.2) is 0 Å². The van der Waals surface area contributed by atoms with E-state index in [4.69, 9.17) is 4.74 Å². The van der Waals surface area contributed by atoms with E-state index in [0.29, 0.717) is 11.1 Å². The third-order valence-corrected chi connectivity index (χ3v) is 3.30. The normalized spacial score (nSPS) is 12.6. The van der Waals surface area contributed by atoms with Crippen molar-refractivity contribution in [2.24, 2.45) is 0 Å². The van der Waals surface area contributed by atoms with E-state index >= 15 is 0 Å². The van der Waals surface area contributed by atoms with E-state index in [-0.39, 0.29) is 25.1 Å². The van der Waals surface area contributed by atoms with Crippen molar-refractivity contribution >= 4 is 18.7 Å². The maximum absolute atomic E-state index is 12.1. The van der Waals surface area contributed by atoms with E-state index in [1.807, 2.05) is 0 Å². The molecule has 1 aromatic rings. The molecule has 0 fully saturated rings. The molecule has 1 atom stereocenters. The zero-order valence-corrected chi connectivity index (χ0v) is 15.0. The van der Waals surface area contributed by atoms with E-state index in [1.54, 1.807) is 20.8 Å². The monoisotopic (exact) mass is 352 g/mol. The number of nitrogens with one attached hydrogen (secondary N) is 1. The molecule has 0 aliphatic carbocycles. The van der Waals surface area contributed by atoms with Gasteiger partial charge in [0.1, 0.15) is 5.60 Å². The number of ether oxygens (including phenoxy) is 1. The van der Waals surface area contributed by atoms with Crippen LogP contribution in [-0.2, 0) is 22.6 Å². The molecule has 0 spiro atoms. The zero-order valence-electron chi connectivity index (χ0n) is 15.0. The van der Waals surface area contributed by atoms with Crippen molar-refractivity contribution in [3.8, 4) is 0 Å². The quantitative estimate of drug-likeness (QED) is 0.280. The summed E-state index contributed by atoms with van der Waals surface area (Å²) in [5.74, 6) is -0.466. The smallest absolute Gasteiger partial charge is 0.373 e. The molecule has 25 heavy (non-hydrogen) atoms. The average Bonchev–Trinajstić information content (AvgIpc) is 2.43. The molecule has 0 saturated carbocycles. The standard InChI is InChI=1S/C16H25BN2O6/c1-16(2,3)25-15(21)9-13(18-17(4)22)8-12-7-11(10-20)5-6-14(12)19(23)24/h5-7,13,18,20,22H,8-10H2,1-4H3/t13-/m0/s1. The molecule has 8 nitrogen and oxygen atoms in total. The number of benzene rings is 1. The molecule has 0 aliphatic rings. The van der Waals surface area contributed by atoms with Crippen molar-refractivity contribution in [3.63, 3.8) is 0 Å². The summed E-state index contributed by atoms with van der Waals surface area (Å²) in [5.41, 5.74) is 0.167. The minimum atomic E-state index is -0.896. The van der Waals surface area contributed by atoms with Gasteiger partial charge in [0.25, 0.3) is 5.69 Å². The van der Waals surface area contributed by atoms with E-state index in [9.17, 15) is 25.0 Å². The summed E-state index contributed by atoms with van der Waals surface area (Å²) < 4.78 is 5.28. The van der Waals surface area contributed by atoms with E-state index < -0.39 is 29.6 Å². The van der Waals surface area contributed by atoms with Crippen LogP contribution < -0.4 is 5.23 Å². The van der Waals surface area contributed by atoms with Gasteiger partial charge in [0.2, 0.25) is 0 Å². The first-order valence-corrected chi connectivity index (χ1v) is 8.05. The lowest BCUT2D eigenvalue weighted by molar-refractivity contribution is -0.385. The third-order valence-electron chi connectivity index (χ3n) is 3.30. The highest BCUT2D eigenvalue weighted by atomic mass is 16.6. The Hall–Kier alpha value is -1.97. The molecule has 1 aromatic carbocycles. The molecule has 0 amide bonds. The van der Waals surface area contributed by atoms with Gasteiger partial charge in [0.05, 0.1) is 18.0 Å². The number of rotatable bonds is 8. The van der Waals surface area contributed by atoms with Crippen LogP contribution in [0.25, 0.3) is 0 Å². The lowest BCUT2D eigenvalue weighted by Crippen LogP contribution is -2.43. The second-order valence-electron chi connectivity index (χ2n) is 6.91. The van der Waals surface area contributed by atoms with Crippen molar-refractivity contribution in [2.45, 2.75) is 58.7 Å². The average molecular weight is 352 g/mol. The molecule has 9 heteroatoms. The van der Waals surface area contributed by atoms with Crippen LogP contribution in [0.15, 0.2) is 18.2 Å². The Morgan fingerprint density at radius 2 is 2.08 bits per heavy atom. The molecule has 0 unspecified atom stereocenters. The van der Waals surface area contributed by atoms with Gasteiger partial charge in [-0.25, -0.2) is 0 Å². The maximum atomic E-state index is 12.1. The fraction of sp³-hybridized carbons (Fsp3) is 0.562. The first-order valence-electron chi connectivity index (χ1n) is 8.05. The van der Waals surface area contributed by atoms with Crippen molar-refractivity contribution in [1.82, 2.24) is 5.23 Å². The van der Waals surface area contributed by atoms with Gasteiger partial charge in [-0.15, -0.1) is 0 Å². The van der Waals surface area contributed by atoms with Crippen LogP contribution >= 0.6 is 0 Å². The molecule has 0 heterocycles. The minimum absolute atomic E-state index is 0.0529. The highest BCUT2D eigenvalue weighted by Gasteiger charge is 2.25. The van der Waals surface area contributed by atoms with Crippen LogP contribution in [0.2, 0.25) is 6.82 Å². The molecule has 1 rings (SSSR count). The number of nitrogens with zero attached hydrogens (tertiary/aromatic N) is 1. The van der Waals surface area contributed by atoms with Crippen LogP contribution in [0.5, 0.6) is 0 Å². The van der Waals surface area contributed by atoms with Gasteiger partial charge in [0, 0.05) is 17.7 Å². The molecular formula is C16H25BN2O6. The minimum Gasteiger partial charge on any atom is -0.460 e. The molecular weight excluding hydrogens is 327 g/mol. The summed E-state index contributed by atoms with van der Waals surface area (Å²) >= 11 is 0. The summed E-state index contributed by atoms with van der Waals surface area (Å²) in [6.07, 6.45) is 0.0803. The Labute approximate surface area is 147 Å². The zero-order chi connectivity index (χ0) is 19.2. The molecule has 0 bridgehead atoms. The predicted molar refractivity (Wildman–Crippen MR) is 93.9 cm³/mol. The van der Waals surface area contributed by atoms with Crippen molar-refractivity contribution in [2.75, 3.05) is 0 Å². The molecule has 0 aromatic heterocycles. The first kappa shape index (κ1) is 21.1. The molecule has 3 N–H and O–H groups in total. The van der Waals surface area contributed by atoms with E-state index in [2.05, 4.69) is 5.23 Å². The summed E-state index contributed by atoms with van der Waals surface area (Å²) in [6, 6.07) is 3.78. The number of carbonyl (C=O) groups excluding carboxylic acids is 1. The fourth-order valence-electron chi connectivity index (χ4n) is 2.46. The number of aliphatic hydroxyl groups is 1. The maximum Gasteiger partial charge on any atom is 0.373 e. The Kier molecular flexibility index (Phi) is 7.53. The van der Waals surface area contributed by atoms with E-state index in [0.717, 1.165) is 0 Å². The number of esters is 1. The third kappa shape index (κ3) is 7.64. The largest absolute Gasteiger partial charge is 0.460 e. The highest BCUT2D eigenvalue weighted by Crippen LogP contribution is 2.23. The second-order valence-corrected chi connectivity index (χ2v) is 6.91. The molecule has 0 saturated heterocycles. The number of nitro benzene ring substituents is 1. The first-order chi connectivity index (χ1) is 11.5. The topological polar surface area (TPSA) is 122 Å². The predicted octanol–water partition coefficient (Wildman–Crippen LogP) is 1.43. The second kappa shape index (κ2) is 8.93. The van der Waals surface area contributed by atoms with Gasteiger partial charge in [-0.05, 0) is 51.7 Å². The Morgan fingerprint density at radius 3 is 2.56 bits per heavy atom. The Morgan fingerprint density at radius 1 is 1.44 bits per heavy atom. The van der Waals surface area contributed by atoms with Crippen molar-refractivity contribution < 1.29 is 24.6 Å². The van der Waals surface area contributed by atoms with Gasteiger partial charge in [-0.1, -0.05) is 0 Å². The Bertz CT molecular complexity index is 615. The van der Waals surface area contributed by atoms with Crippen LogP contribution in [-0.4, -0.2) is 39.7 Å². The molecule has 0 aliphatic heterocycles. The summed E-state index contributed by atoms with van der Waals surface area (Å²) in [6.45, 7) is 6.50. The molecule has 0 radical (unpaired) electrons. The van der Waals surface area contributed by atoms with Crippen LogP contribution in [0.4, 0.5) is 5.69 Å². The number of hydrogen-bond donors (Lipinski definition) is 3. The lowest BCUT2D eigenvalue weighted by atomic mass is 9.85. The van der Waals surface area contributed by atoms with Gasteiger partial charge >= 0.3 is 13.0 Å². The van der Waals surface area contributed by atoms with Gasteiger partial charge in [-0.3, -0.25) is 14.9 Å². The fourth-order valence-corrected chi connectivity index (χ4v) is 2.46.